The number of ether oxygens (including phenoxy) is 2. The van der Waals surface area contributed by atoms with Gasteiger partial charge in [0.15, 0.2) is 0 Å². The summed E-state index contributed by atoms with van der Waals surface area (Å²) in [5, 5.41) is 13.6. The van der Waals surface area contributed by atoms with Gasteiger partial charge in [0.25, 0.3) is 5.91 Å². The number of hydrogen-bond acceptors (Lipinski definition) is 7. The van der Waals surface area contributed by atoms with Crippen molar-refractivity contribution in [2.75, 3.05) is 19.5 Å². The summed E-state index contributed by atoms with van der Waals surface area (Å²) < 4.78 is 53.2. The number of anilines is 1. The van der Waals surface area contributed by atoms with Gasteiger partial charge in [-0.15, -0.1) is 11.3 Å². The molecule has 194 valence electrons. The van der Waals surface area contributed by atoms with Crippen molar-refractivity contribution < 1.29 is 32.2 Å². The van der Waals surface area contributed by atoms with E-state index in [2.05, 4.69) is 30.8 Å². The molecule has 0 radical (unpaired) electrons. The molecule has 0 fully saturated rings. The normalized spacial score (nSPS) is 17.2. The Balaban J connectivity index is 2.05. The minimum Gasteiger partial charge on any atom is -0.497 e. The van der Waals surface area contributed by atoms with Crippen molar-refractivity contribution in [1.82, 2.24) is 5.32 Å². The zero-order valence-electron chi connectivity index (χ0n) is 20.6. The van der Waals surface area contributed by atoms with E-state index in [9.17, 15) is 28.0 Å². The first-order chi connectivity index (χ1) is 16.8. The molecule has 2 aromatic rings. The molecule has 0 aliphatic heterocycles. The highest BCUT2D eigenvalue weighted by molar-refractivity contribution is 7.16. The van der Waals surface area contributed by atoms with E-state index in [-0.39, 0.29) is 27.5 Å². The van der Waals surface area contributed by atoms with Crippen molar-refractivity contribution in [3.05, 3.63) is 45.8 Å². The van der Waals surface area contributed by atoms with Gasteiger partial charge in [0, 0.05) is 10.4 Å². The Kier molecular flexibility index (Phi) is 7.60. The minimum absolute atomic E-state index is 0.0177. The van der Waals surface area contributed by atoms with Crippen LogP contribution in [0.2, 0.25) is 0 Å². The van der Waals surface area contributed by atoms with Crippen LogP contribution in [-0.4, -0.2) is 37.9 Å². The molecule has 1 aromatic carbocycles. The molecule has 36 heavy (non-hydrogen) atoms. The molecule has 2 N–H and O–H groups in total. The second-order valence-electron chi connectivity index (χ2n) is 9.67. The Bertz CT molecular complexity index is 1180. The molecule has 3 rings (SSSR count). The first kappa shape index (κ1) is 27.3. The lowest BCUT2D eigenvalue weighted by atomic mass is 9.72. The largest absolute Gasteiger partial charge is 0.497 e. The smallest absolute Gasteiger partial charge is 0.441 e. The number of rotatable bonds is 6. The van der Waals surface area contributed by atoms with E-state index in [1.165, 1.54) is 31.4 Å². The number of carbonyl (C=O) groups is 2. The monoisotopic (exact) mass is 523 g/mol. The number of fused-ring (bicyclic) bond motifs is 1. The Morgan fingerprint density at radius 3 is 2.28 bits per heavy atom. The lowest BCUT2D eigenvalue weighted by Gasteiger charge is -2.34. The molecule has 7 nitrogen and oxygen atoms in total. The summed E-state index contributed by atoms with van der Waals surface area (Å²) in [4.78, 5) is 26.3. The highest BCUT2D eigenvalue weighted by Gasteiger charge is 2.64. The van der Waals surface area contributed by atoms with E-state index >= 15 is 0 Å². The average Bonchev–Trinajstić information content (AvgIpc) is 3.17. The fraction of sp³-hybridized carbons (Fsp3) is 0.480. The van der Waals surface area contributed by atoms with Gasteiger partial charge in [-0.2, -0.15) is 18.4 Å². The number of alkyl halides is 3. The van der Waals surface area contributed by atoms with E-state index < -0.39 is 23.7 Å². The zero-order chi connectivity index (χ0) is 26.9. The molecule has 1 aromatic heterocycles. The van der Waals surface area contributed by atoms with Gasteiger partial charge in [-0.1, -0.05) is 20.8 Å². The van der Waals surface area contributed by atoms with Crippen molar-refractivity contribution >= 4 is 28.2 Å². The maximum Gasteiger partial charge on any atom is 0.441 e. The van der Waals surface area contributed by atoms with Crippen LogP contribution in [-0.2, 0) is 22.4 Å². The van der Waals surface area contributed by atoms with E-state index in [0.717, 1.165) is 29.7 Å². The number of hydrogen-bond donors (Lipinski definition) is 2. The van der Waals surface area contributed by atoms with Gasteiger partial charge in [-0.25, -0.2) is 4.79 Å². The van der Waals surface area contributed by atoms with Crippen LogP contribution >= 0.6 is 11.3 Å². The van der Waals surface area contributed by atoms with Gasteiger partial charge < -0.3 is 20.1 Å². The van der Waals surface area contributed by atoms with Crippen LogP contribution in [0.5, 0.6) is 5.75 Å². The molecule has 0 saturated heterocycles. The van der Waals surface area contributed by atoms with Crippen LogP contribution < -0.4 is 15.4 Å². The van der Waals surface area contributed by atoms with E-state index in [1.54, 1.807) is 5.32 Å². The lowest BCUT2D eigenvalue weighted by molar-refractivity contribution is -0.203. The molecule has 1 amide bonds. The number of amides is 1. The quantitative estimate of drug-likeness (QED) is 0.406. The van der Waals surface area contributed by atoms with Crippen LogP contribution in [0.4, 0.5) is 18.2 Å². The minimum atomic E-state index is -5.31. The maximum absolute atomic E-state index is 14.6. The van der Waals surface area contributed by atoms with Crippen LogP contribution in [0, 0.1) is 22.7 Å². The van der Waals surface area contributed by atoms with Gasteiger partial charge in [-0.05, 0) is 60.4 Å². The summed E-state index contributed by atoms with van der Waals surface area (Å²) in [6.07, 6.45) is -3.38. The molecule has 0 unspecified atom stereocenters. The predicted molar refractivity (Wildman–Crippen MR) is 129 cm³/mol. The average molecular weight is 524 g/mol. The van der Waals surface area contributed by atoms with E-state index in [0.29, 0.717) is 24.2 Å². The van der Waals surface area contributed by atoms with Crippen LogP contribution in [0.3, 0.4) is 0 Å². The Morgan fingerprint density at radius 2 is 1.78 bits per heavy atom. The fourth-order valence-electron chi connectivity index (χ4n) is 4.23. The summed E-state index contributed by atoms with van der Waals surface area (Å²) in [6.45, 7) is 6.30. The second kappa shape index (κ2) is 10.0. The number of nitriles is 1. The number of nitrogens with one attached hydrogen (secondary N) is 2. The molecule has 11 heteroatoms. The molecule has 0 saturated carbocycles. The Labute approximate surface area is 211 Å². The molecule has 1 aliphatic carbocycles. The Hall–Kier alpha value is -3.26. The number of benzene rings is 1. The summed E-state index contributed by atoms with van der Waals surface area (Å²) in [7, 11) is 2.20. The van der Waals surface area contributed by atoms with Crippen LogP contribution in [0.15, 0.2) is 24.3 Å². The van der Waals surface area contributed by atoms with Crippen molar-refractivity contribution in [3.8, 4) is 11.8 Å². The third-order valence-electron chi connectivity index (χ3n) is 6.47. The van der Waals surface area contributed by atoms with Gasteiger partial charge >= 0.3 is 17.8 Å². The van der Waals surface area contributed by atoms with Gasteiger partial charge in [0.05, 0.1) is 19.8 Å². The van der Waals surface area contributed by atoms with Crippen molar-refractivity contribution in [1.29, 1.82) is 5.26 Å². The SMILES string of the molecule is COC(=O)[C@](NC(=O)c1ccc(OC)cc1)(Nc1sc2c(c1C#N)CC[C@H](C(C)(C)C)C2)C(F)(F)F. The molecule has 1 aliphatic rings. The number of nitrogens with zero attached hydrogens (tertiary/aromatic N) is 1. The van der Waals surface area contributed by atoms with Crippen LogP contribution in [0.25, 0.3) is 0 Å². The van der Waals surface area contributed by atoms with E-state index in [1.807, 2.05) is 6.07 Å². The third kappa shape index (κ3) is 5.14. The standard InChI is InChI=1S/C25H28F3N3O4S/c1-23(2,3)15-8-11-17-18(13-29)21(36-19(17)12-15)31-24(22(33)35-5,25(26,27)28)30-20(32)14-6-9-16(34-4)10-7-14/h6-7,9-10,15,31H,8,11-12H2,1-5H3,(H,30,32)/t15-,24-/m0/s1. The number of thiophene rings is 1. The molecule has 0 bridgehead atoms. The molecule has 1 heterocycles. The molecule has 2 atom stereocenters. The third-order valence-corrected chi connectivity index (χ3v) is 7.64. The maximum atomic E-state index is 14.6. The lowest BCUT2D eigenvalue weighted by Crippen LogP contribution is -2.69. The second-order valence-corrected chi connectivity index (χ2v) is 10.8. The van der Waals surface area contributed by atoms with Crippen molar-refractivity contribution in [2.24, 2.45) is 11.3 Å². The molecular weight excluding hydrogens is 495 g/mol. The number of esters is 1. The summed E-state index contributed by atoms with van der Waals surface area (Å²) in [6, 6.07) is 7.33. The topological polar surface area (TPSA) is 100 Å². The van der Waals surface area contributed by atoms with E-state index in [4.69, 9.17) is 4.74 Å². The first-order valence-corrected chi connectivity index (χ1v) is 12.0. The summed E-state index contributed by atoms with van der Waals surface area (Å²) in [5.41, 5.74) is -3.06. The summed E-state index contributed by atoms with van der Waals surface area (Å²) in [5.74, 6) is -2.25. The number of halogens is 3. The highest BCUT2D eigenvalue weighted by Crippen LogP contribution is 2.45. The molecule has 0 spiro atoms. The first-order valence-electron chi connectivity index (χ1n) is 11.2. The van der Waals surface area contributed by atoms with Gasteiger partial charge in [-0.3, -0.25) is 4.79 Å². The van der Waals surface area contributed by atoms with Gasteiger partial charge in [0.1, 0.15) is 16.8 Å². The Morgan fingerprint density at radius 1 is 1.14 bits per heavy atom. The highest BCUT2D eigenvalue weighted by atomic mass is 32.1. The van der Waals surface area contributed by atoms with Crippen molar-refractivity contribution in [3.63, 3.8) is 0 Å². The van der Waals surface area contributed by atoms with Crippen LogP contribution in [0.1, 0.15) is 53.6 Å². The van der Waals surface area contributed by atoms with Gasteiger partial charge in [0.2, 0.25) is 0 Å². The number of methoxy groups -OCH3 is 2. The molecular formula is C25H28F3N3O4S. The fourth-order valence-corrected chi connectivity index (χ4v) is 5.56. The predicted octanol–water partition coefficient (Wildman–Crippen LogP) is 5.05. The zero-order valence-corrected chi connectivity index (χ0v) is 21.4. The number of carbonyl (C=O) groups excluding carboxylic acids is 2. The van der Waals surface area contributed by atoms with Crippen molar-refractivity contribution in [2.45, 2.75) is 51.9 Å². The summed E-state index contributed by atoms with van der Waals surface area (Å²) >= 11 is 0.996.